The molecule has 1 saturated heterocycles. The lowest BCUT2D eigenvalue weighted by atomic mass is 10.0. The van der Waals surface area contributed by atoms with E-state index in [2.05, 4.69) is 25.6 Å². The predicted molar refractivity (Wildman–Crippen MR) is 78.8 cm³/mol. The predicted octanol–water partition coefficient (Wildman–Crippen LogP) is 4.90. The van der Waals surface area contributed by atoms with Gasteiger partial charge in [0.1, 0.15) is 0 Å². The molecule has 2 heteroatoms. The summed E-state index contributed by atoms with van der Waals surface area (Å²) in [7, 11) is 0. The van der Waals surface area contributed by atoms with Gasteiger partial charge in [0.25, 0.3) is 0 Å². The maximum atomic E-state index is 5.19. The first-order chi connectivity index (χ1) is 8.29. The lowest BCUT2D eigenvalue weighted by molar-refractivity contribution is 0.426. The standard InChI is InChI=1S/C15H30OS/c1-14(2)10-8-6-4-3-5-7-9-11-17-13-15-12-16-15/h14-15H,3-13H2,1-2H3. The molecule has 0 aliphatic carbocycles. The van der Waals surface area contributed by atoms with Gasteiger partial charge in [0.05, 0.1) is 12.7 Å². The molecule has 1 unspecified atom stereocenters. The summed E-state index contributed by atoms with van der Waals surface area (Å²) < 4.78 is 5.19. The SMILES string of the molecule is CC(C)CCCCCCCCCSCC1CO1. The van der Waals surface area contributed by atoms with Crippen molar-refractivity contribution in [2.45, 2.75) is 71.3 Å². The Bertz CT molecular complexity index is 156. The zero-order valence-electron chi connectivity index (χ0n) is 11.7. The van der Waals surface area contributed by atoms with Gasteiger partial charge in [0, 0.05) is 5.75 Å². The molecule has 1 aliphatic heterocycles. The molecule has 1 rings (SSSR count). The summed E-state index contributed by atoms with van der Waals surface area (Å²) in [6, 6.07) is 0. The Morgan fingerprint density at radius 3 is 2.18 bits per heavy atom. The molecule has 102 valence electrons. The van der Waals surface area contributed by atoms with Gasteiger partial charge in [-0.3, -0.25) is 0 Å². The average molecular weight is 258 g/mol. The van der Waals surface area contributed by atoms with Crippen molar-refractivity contribution in [2.75, 3.05) is 18.1 Å². The highest BCUT2D eigenvalue weighted by Gasteiger charge is 2.21. The zero-order chi connectivity index (χ0) is 12.3. The van der Waals surface area contributed by atoms with E-state index in [0.29, 0.717) is 6.10 Å². The first-order valence-electron chi connectivity index (χ1n) is 7.48. The molecule has 0 radical (unpaired) electrons. The molecular formula is C15H30OS. The maximum Gasteiger partial charge on any atom is 0.0900 e. The molecule has 1 heterocycles. The number of hydrogen-bond donors (Lipinski definition) is 0. The van der Waals surface area contributed by atoms with Crippen molar-refractivity contribution in [1.82, 2.24) is 0 Å². The van der Waals surface area contributed by atoms with Crippen LogP contribution in [0.4, 0.5) is 0 Å². The summed E-state index contributed by atoms with van der Waals surface area (Å²) in [4.78, 5) is 0. The van der Waals surface area contributed by atoms with Gasteiger partial charge >= 0.3 is 0 Å². The van der Waals surface area contributed by atoms with E-state index in [4.69, 9.17) is 4.74 Å². The van der Waals surface area contributed by atoms with Crippen molar-refractivity contribution in [2.24, 2.45) is 5.92 Å². The summed E-state index contributed by atoms with van der Waals surface area (Å²) in [5.41, 5.74) is 0. The van der Waals surface area contributed by atoms with Gasteiger partial charge in [0.15, 0.2) is 0 Å². The van der Waals surface area contributed by atoms with Crippen LogP contribution in [-0.2, 0) is 4.74 Å². The van der Waals surface area contributed by atoms with Crippen LogP contribution in [0.3, 0.4) is 0 Å². The Hall–Kier alpha value is 0.310. The van der Waals surface area contributed by atoms with E-state index in [0.717, 1.165) is 12.5 Å². The van der Waals surface area contributed by atoms with E-state index >= 15 is 0 Å². The van der Waals surface area contributed by atoms with Crippen molar-refractivity contribution in [3.63, 3.8) is 0 Å². The molecular weight excluding hydrogens is 228 g/mol. The molecule has 0 bridgehead atoms. The molecule has 0 N–H and O–H groups in total. The van der Waals surface area contributed by atoms with Crippen molar-refractivity contribution in [1.29, 1.82) is 0 Å². The van der Waals surface area contributed by atoms with Crippen LogP contribution in [0.15, 0.2) is 0 Å². The smallest absolute Gasteiger partial charge is 0.0900 e. The lowest BCUT2D eigenvalue weighted by Gasteiger charge is -2.04. The third kappa shape index (κ3) is 11.1. The third-order valence-electron chi connectivity index (χ3n) is 3.28. The minimum Gasteiger partial charge on any atom is -0.372 e. The van der Waals surface area contributed by atoms with E-state index < -0.39 is 0 Å². The van der Waals surface area contributed by atoms with Gasteiger partial charge in [0.2, 0.25) is 0 Å². The van der Waals surface area contributed by atoms with E-state index in [-0.39, 0.29) is 0 Å². The van der Waals surface area contributed by atoms with Gasteiger partial charge < -0.3 is 4.74 Å². The Morgan fingerprint density at radius 1 is 1.00 bits per heavy atom. The number of ether oxygens (including phenoxy) is 1. The summed E-state index contributed by atoms with van der Waals surface area (Å²) in [6.07, 6.45) is 12.1. The quantitative estimate of drug-likeness (QED) is 0.365. The highest BCUT2D eigenvalue weighted by Crippen LogP contribution is 2.18. The first kappa shape index (κ1) is 15.4. The molecule has 0 amide bonds. The molecule has 0 aromatic carbocycles. The molecule has 1 atom stereocenters. The Labute approximate surface area is 112 Å². The fraction of sp³-hybridized carbons (Fsp3) is 1.00. The fourth-order valence-corrected chi connectivity index (χ4v) is 3.05. The average Bonchev–Trinajstić information content (AvgIpc) is 3.09. The molecule has 1 fully saturated rings. The summed E-state index contributed by atoms with van der Waals surface area (Å²) >= 11 is 2.07. The number of rotatable bonds is 12. The summed E-state index contributed by atoms with van der Waals surface area (Å²) in [5, 5.41) is 0. The van der Waals surface area contributed by atoms with Crippen molar-refractivity contribution in [3.8, 4) is 0 Å². The lowest BCUT2D eigenvalue weighted by Crippen LogP contribution is -1.91. The minimum absolute atomic E-state index is 0.612. The monoisotopic (exact) mass is 258 g/mol. The topological polar surface area (TPSA) is 12.5 Å². The second-order valence-corrected chi connectivity index (χ2v) is 6.84. The number of unbranched alkanes of at least 4 members (excludes halogenated alkanes) is 6. The highest BCUT2D eigenvalue weighted by atomic mass is 32.2. The van der Waals surface area contributed by atoms with Gasteiger partial charge in [-0.25, -0.2) is 0 Å². The summed E-state index contributed by atoms with van der Waals surface area (Å²) in [6.45, 7) is 5.66. The fourth-order valence-electron chi connectivity index (χ4n) is 2.02. The maximum absolute atomic E-state index is 5.19. The number of thioether (sulfide) groups is 1. The van der Waals surface area contributed by atoms with Crippen molar-refractivity contribution >= 4 is 11.8 Å². The van der Waals surface area contributed by atoms with Crippen LogP contribution in [0.25, 0.3) is 0 Å². The molecule has 0 aromatic heterocycles. The molecule has 17 heavy (non-hydrogen) atoms. The van der Waals surface area contributed by atoms with E-state index in [1.54, 1.807) is 0 Å². The Kier molecular flexibility index (Phi) is 9.27. The van der Waals surface area contributed by atoms with Gasteiger partial charge in [-0.2, -0.15) is 11.8 Å². The minimum atomic E-state index is 0.612. The number of hydrogen-bond acceptors (Lipinski definition) is 2. The van der Waals surface area contributed by atoms with Crippen LogP contribution in [0.1, 0.15) is 65.2 Å². The van der Waals surface area contributed by atoms with Crippen LogP contribution in [-0.4, -0.2) is 24.2 Å². The Balaban J connectivity index is 1.63. The van der Waals surface area contributed by atoms with Gasteiger partial charge in [-0.05, 0) is 18.1 Å². The van der Waals surface area contributed by atoms with E-state index in [1.807, 2.05) is 0 Å². The van der Waals surface area contributed by atoms with Crippen LogP contribution in [0.5, 0.6) is 0 Å². The Morgan fingerprint density at radius 2 is 1.59 bits per heavy atom. The van der Waals surface area contributed by atoms with Gasteiger partial charge in [-0.1, -0.05) is 58.8 Å². The van der Waals surface area contributed by atoms with E-state index in [9.17, 15) is 0 Å². The second-order valence-electron chi connectivity index (χ2n) is 5.69. The molecule has 0 spiro atoms. The van der Waals surface area contributed by atoms with Crippen LogP contribution < -0.4 is 0 Å². The van der Waals surface area contributed by atoms with Crippen molar-refractivity contribution < 1.29 is 4.74 Å². The number of epoxide rings is 1. The normalized spacial score (nSPS) is 18.9. The highest BCUT2D eigenvalue weighted by molar-refractivity contribution is 7.99. The molecule has 0 aromatic rings. The van der Waals surface area contributed by atoms with E-state index in [1.165, 1.54) is 62.9 Å². The molecule has 0 saturated carbocycles. The molecule has 1 aliphatic rings. The van der Waals surface area contributed by atoms with Gasteiger partial charge in [-0.15, -0.1) is 0 Å². The van der Waals surface area contributed by atoms with Crippen LogP contribution in [0, 0.1) is 5.92 Å². The molecule has 1 nitrogen and oxygen atoms in total. The van der Waals surface area contributed by atoms with Crippen molar-refractivity contribution in [3.05, 3.63) is 0 Å². The summed E-state index contributed by atoms with van der Waals surface area (Å²) in [5.74, 6) is 3.46. The third-order valence-corrected chi connectivity index (χ3v) is 4.46. The van der Waals surface area contributed by atoms with Crippen LogP contribution in [0.2, 0.25) is 0 Å². The largest absolute Gasteiger partial charge is 0.372 e. The van der Waals surface area contributed by atoms with Crippen LogP contribution >= 0.6 is 11.8 Å². The first-order valence-corrected chi connectivity index (χ1v) is 8.64. The zero-order valence-corrected chi connectivity index (χ0v) is 12.6. The second kappa shape index (κ2) is 10.3.